The Morgan fingerprint density at radius 2 is 2.24 bits per heavy atom. The van der Waals surface area contributed by atoms with Crippen LogP contribution < -0.4 is 10.6 Å². The number of nitrogens with zero attached hydrogens (tertiary/aromatic N) is 1. The number of amides is 1. The number of aliphatic carboxylic acids is 1. The van der Waals surface area contributed by atoms with Crippen LogP contribution in [-0.4, -0.2) is 35.1 Å². The van der Waals surface area contributed by atoms with Crippen molar-refractivity contribution in [3.63, 3.8) is 0 Å². The third-order valence-electron chi connectivity index (χ3n) is 4.16. The highest BCUT2D eigenvalue weighted by Crippen LogP contribution is 2.35. The minimum atomic E-state index is -0.921. The molecule has 1 aliphatic heterocycles. The predicted molar refractivity (Wildman–Crippen MR) is 79.0 cm³/mol. The molecule has 1 fully saturated rings. The number of carboxylic acid groups (broad SMARTS) is 1. The van der Waals surface area contributed by atoms with Crippen molar-refractivity contribution in [2.24, 2.45) is 11.3 Å². The van der Waals surface area contributed by atoms with Crippen molar-refractivity contribution < 1.29 is 14.7 Å². The standard InChI is InChI=1S/C15H21N3O3/c1-10(2)15(5-6-16-9-15)14(21)18-12-4-3-11(17-8-12)7-13(19)20/h3-4,8,10,16H,5-7,9H2,1-2H3,(H,18,21)(H,19,20). The van der Waals surface area contributed by atoms with Gasteiger partial charge in [0.1, 0.15) is 0 Å². The lowest BCUT2D eigenvalue weighted by atomic mass is 9.75. The second kappa shape index (κ2) is 6.22. The third-order valence-corrected chi connectivity index (χ3v) is 4.16. The van der Waals surface area contributed by atoms with Crippen molar-refractivity contribution in [3.05, 3.63) is 24.0 Å². The monoisotopic (exact) mass is 291 g/mol. The number of rotatable bonds is 5. The SMILES string of the molecule is CC(C)C1(C(=O)Nc2ccc(CC(=O)O)nc2)CCNC1. The largest absolute Gasteiger partial charge is 0.481 e. The smallest absolute Gasteiger partial charge is 0.309 e. The second-order valence-electron chi connectivity index (χ2n) is 5.80. The third kappa shape index (κ3) is 3.39. The molecule has 6 heteroatoms. The van der Waals surface area contributed by atoms with Crippen LogP contribution in [0.4, 0.5) is 5.69 Å². The maximum Gasteiger partial charge on any atom is 0.309 e. The van der Waals surface area contributed by atoms with E-state index in [0.717, 1.165) is 13.0 Å². The van der Waals surface area contributed by atoms with Crippen molar-refractivity contribution in [1.29, 1.82) is 0 Å². The molecule has 1 aliphatic rings. The molecule has 114 valence electrons. The van der Waals surface area contributed by atoms with E-state index in [9.17, 15) is 9.59 Å². The summed E-state index contributed by atoms with van der Waals surface area (Å²) < 4.78 is 0. The van der Waals surface area contributed by atoms with Crippen LogP contribution >= 0.6 is 0 Å². The lowest BCUT2D eigenvalue weighted by molar-refractivity contribution is -0.136. The summed E-state index contributed by atoms with van der Waals surface area (Å²) >= 11 is 0. The van der Waals surface area contributed by atoms with Gasteiger partial charge in [-0.2, -0.15) is 0 Å². The van der Waals surface area contributed by atoms with Crippen LogP contribution in [-0.2, 0) is 16.0 Å². The van der Waals surface area contributed by atoms with E-state index in [4.69, 9.17) is 5.11 Å². The van der Waals surface area contributed by atoms with Crippen LogP contribution in [0.15, 0.2) is 18.3 Å². The van der Waals surface area contributed by atoms with Crippen LogP contribution in [0, 0.1) is 11.3 Å². The first-order chi connectivity index (χ1) is 9.94. The Bertz CT molecular complexity index is 519. The van der Waals surface area contributed by atoms with Gasteiger partial charge >= 0.3 is 5.97 Å². The fourth-order valence-electron chi connectivity index (χ4n) is 2.67. The Morgan fingerprint density at radius 3 is 2.71 bits per heavy atom. The lowest BCUT2D eigenvalue weighted by Gasteiger charge is -2.31. The summed E-state index contributed by atoms with van der Waals surface area (Å²) in [6, 6.07) is 3.32. The average Bonchev–Trinajstić information content (AvgIpc) is 2.91. The number of hydrogen-bond acceptors (Lipinski definition) is 4. The molecule has 0 saturated carbocycles. The molecule has 6 nitrogen and oxygen atoms in total. The normalized spacial score (nSPS) is 21.5. The maximum atomic E-state index is 12.6. The van der Waals surface area contributed by atoms with E-state index in [1.807, 2.05) is 0 Å². The van der Waals surface area contributed by atoms with Gasteiger partial charge in [0.25, 0.3) is 0 Å². The van der Waals surface area contributed by atoms with Gasteiger partial charge < -0.3 is 15.7 Å². The molecule has 1 unspecified atom stereocenters. The van der Waals surface area contributed by atoms with Crippen molar-refractivity contribution in [2.75, 3.05) is 18.4 Å². The van der Waals surface area contributed by atoms with Crippen LogP contribution in [0.5, 0.6) is 0 Å². The van der Waals surface area contributed by atoms with Crippen LogP contribution in [0.1, 0.15) is 26.0 Å². The molecular weight excluding hydrogens is 270 g/mol. The zero-order chi connectivity index (χ0) is 15.5. The number of carboxylic acids is 1. The quantitative estimate of drug-likeness (QED) is 0.760. The summed E-state index contributed by atoms with van der Waals surface area (Å²) in [5, 5.41) is 14.9. The lowest BCUT2D eigenvalue weighted by Crippen LogP contribution is -2.42. The van der Waals surface area contributed by atoms with Crippen LogP contribution in [0.25, 0.3) is 0 Å². The number of aromatic nitrogens is 1. The molecule has 1 atom stereocenters. The number of nitrogens with one attached hydrogen (secondary N) is 2. The Hall–Kier alpha value is -1.95. The molecule has 0 bridgehead atoms. The summed E-state index contributed by atoms with van der Waals surface area (Å²) in [6.07, 6.45) is 2.21. The Morgan fingerprint density at radius 1 is 1.48 bits per heavy atom. The van der Waals surface area contributed by atoms with Crippen molar-refractivity contribution in [1.82, 2.24) is 10.3 Å². The minimum absolute atomic E-state index is 0.00437. The molecule has 0 spiro atoms. The molecule has 1 amide bonds. The number of pyridine rings is 1. The number of carbonyl (C=O) groups is 2. The number of anilines is 1. The first kappa shape index (κ1) is 15.4. The first-order valence-corrected chi connectivity index (χ1v) is 7.13. The van der Waals surface area contributed by atoms with E-state index < -0.39 is 5.97 Å². The van der Waals surface area contributed by atoms with Crippen molar-refractivity contribution in [3.8, 4) is 0 Å². The minimum Gasteiger partial charge on any atom is -0.481 e. The summed E-state index contributed by atoms with van der Waals surface area (Å²) in [6.45, 7) is 5.64. The van der Waals surface area contributed by atoms with E-state index in [1.165, 1.54) is 6.20 Å². The predicted octanol–water partition coefficient (Wildman–Crippen LogP) is 1.28. The van der Waals surface area contributed by atoms with Gasteiger partial charge in [-0.15, -0.1) is 0 Å². The van der Waals surface area contributed by atoms with E-state index in [0.29, 0.717) is 17.9 Å². The van der Waals surface area contributed by atoms with Crippen LogP contribution in [0.2, 0.25) is 0 Å². The summed E-state index contributed by atoms with van der Waals surface area (Å²) in [5.74, 6) is -0.683. The first-order valence-electron chi connectivity index (χ1n) is 7.13. The van der Waals surface area contributed by atoms with E-state index in [1.54, 1.807) is 12.1 Å². The molecule has 1 aromatic rings. The number of carbonyl (C=O) groups excluding carboxylic acids is 1. The fraction of sp³-hybridized carbons (Fsp3) is 0.533. The van der Waals surface area contributed by atoms with Gasteiger partial charge in [0.05, 0.1) is 29.4 Å². The molecule has 0 aromatic carbocycles. The Balaban J connectivity index is 2.07. The van der Waals surface area contributed by atoms with Gasteiger partial charge in [0, 0.05) is 6.54 Å². The van der Waals surface area contributed by atoms with Crippen molar-refractivity contribution >= 4 is 17.6 Å². The molecule has 0 aliphatic carbocycles. The zero-order valence-corrected chi connectivity index (χ0v) is 12.3. The maximum absolute atomic E-state index is 12.6. The molecule has 2 rings (SSSR count). The fourth-order valence-corrected chi connectivity index (χ4v) is 2.67. The molecule has 0 radical (unpaired) electrons. The highest BCUT2D eigenvalue weighted by molar-refractivity contribution is 5.95. The summed E-state index contributed by atoms with van der Waals surface area (Å²) in [7, 11) is 0. The molecular formula is C15H21N3O3. The van der Waals surface area contributed by atoms with Gasteiger partial charge in [0.2, 0.25) is 5.91 Å². The second-order valence-corrected chi connectivity index (χ2v) is 5.80. The van der Waals surface area contributed by atoms with Gasteiger partial charge in [0.15, 0.2) is 0 Å². The molecule has 1 aromatic heterocycles. The Labute approximate surface area is 124 Å². The van der Waals surface area contributed by atoms with Gasteiger partial charge in [-0.05, 0) is 31.0 Å². The zero-order valence-electron chi connectivity index (χ0n) is 12.3. The number of hydrogen-bond donors (Lipinski definition) is 3. The van der Waals surface area contributed by atoms with E-state index >= 15 is 0 Å². The van der Waals surface area contributed by atoms with Gasteiger partial charge in [-0.1, -0.05) is 13.8 Å². The molecule has 21 heavy (non-hydrogen) atoms. The van der Waals surface area contributed by atoms with Gasteiger partial charge in [-0.3, -0.25) is 14.6 Å². The van der Waals surface area contributed by atoms with E-state index in [-0.39, 0.29) is 23.7 Å². The highest BCUT2D eigenvalue weighted by Gasteiger charge is 2.43. The Kier molecular flexibility index (Phi) is 4.57. The highest BCUT2D eigenvalue weighted by atomic mass is 16.4. The van der Waals surface area contributed by atoms with E-state index in [2.05, 4.69) is 29.5 Å². The molecule has 2 heterocycles. The van der Waals surface area contributed by atoms with Gasteiger partial charge in [-0.25, -0.2) is 0 Å². The van der Waals surface area contributed by atoms with Crippen molar-refractivity contribution in [2.45, 2.75) is 26.7 Å². The summed E-state index contributed by atoms with van der Waals surface area (Å²) in [5.41, 5.74) is 0.683. The molecule has 1 saturated heterocycles. The molecule has 3 N–H and O–H groups in total. The summed E-state index contributed by atoms with van der Waals surface area (Å²) in [4.78, 5) is 27.2. The topological polar surface area (TPSA) is 91.3 Å². The van der Waals surface area contributed by atoms with Crippen LogP contribution in [0.3, 0.4) is 0 Å². The average molecular weight is 291 g/mol.